The summed E-state index contributed by atoms with van der Waals surface area (Å²) in [6, 6.07) is 8.80. The van der Waals surface area contributed by atoms with Gasteiger partial charge >= 0.3 is 0 Å². The van der Waals surface area contributed by atoms with Crippen molar-refractivity contribution in [3.8, 4) is 0 Å². The van der Waals surface area contributed by atoms with Crippen molar-refractivity contribution < 1.29 is 9.90 Å². The zero-order valence-corrected chi connectivity index (χ0v) is 14.8. The predicted molar refractivity (Wildman–Crippen MR) is 97.0 cm³/mol. The molecule has 1 atom stereocenters. The quantitative estimate of drug-likeness (QED) is 0.900. The van der Waals surface area contributed by atoms with Gasteiger partial charge in [0.2, 0.25) is 5.91 Å². The number of hydrogen-bond acceptors (Lipinski definition) is 3. The number of aliphatic hydroxyl groups is 1. The second-order valence-corrected chi connectivity index (χ2v) is 7.23. The number of benzene rings is 1. The number of anilines is 1. The summed E-state index contributed by atoms with van der Waals surface area (Å²) in [7, 11) is 0. The molecule has 1 saturated carbocycles. The molecule has 1 aliphatic heterocycles. The van der Waals surface area contributed by atoms with Crippen LogP contribution in [-0.2, 0) is 11.3 Å². The standard InChI is InChI=1S/C20H30N2O2/c1-2-7-18(23)15-21-13-12-20(24)22(17-9-4-5-10-17)14-16-8-3-6-11-19(16)21/h3,6,8,11,17-18,23H,2,4-5,7,9-10,12-15H2,1H3. The third kappa shape index (κ3) is 3.92. The van der Waals surface area contributed by atoms with E-state index < -0.39 is 0 Å². The van der Waals surface area contributed by atoms with Crippen molar-refractivity contribution in [2.75, 3.05) is 18.0 Å². The average Bonchev–Trinajstić information content (AvgIpc) is 3.09. The number of β-amino-alcohol motifs (C(OH)–C–C–N with tert-alkyl or cyclic N) is 1. The summed E-state index contributed by atoms with van der Waals surface area (Å²) in [5, 5.41) is 10.2. The van der Waals surface area contributed by atoms with Crippen LogP contribution in [0.15, 0.2) is 24.3 Å². The second kappa shape index (κ2) is 8.02. The Labute approximate surface area is 145 Å². The first-order valence-corrected chi connectivity index (χ1v) is 9.49. The molecule has 2 aliphatic rings. The molecule has 4 nitrogen and oxygen atoms in total. The van der Waals surface area contributed by atoms with Gasteiger partial charge in [0.05, 0.1) is 6.10 Å². The Kier molecular flexibility index (Phi) is 5.77. The van der Waals surface area contributed by atoms with Crippen molar-refractivity contribution in [1.82, 2.24) is 4.90 Å². The molecule has 1 N–H and O–H groups in total. The largest absolute Gasteiger partial charge is 0.391 e. The fourth-order valence-corrected chi connectivity index (χ4v) is 4.14. The highest BCUT2D eigenvalue weighted by atomic mass is 16.3. The van der Waals surface area contributed by atoms with Crippen LogP contribution >= 0.6 is 0 Å². The monoisotopic (exact) mass is 330 g/mol. The molecule has 1 aliphatic carbocycles. The van der Waals surface area contributed by atoms with E-state index in [1.54, 1.807) is 0 Å². The normalized spacial score (nSPS) is 20.7. The lowest BCUT2D eigenvalue weighted by Gasteiger charge is -2.36. The molecule has 1 heterocycles. The maximum Gasteiger partial charge on any atom is 0.224 e. The first kappa shape index (κ1) is 17.3. The Hall–Kier alpha value is -1.55. The number of rotatable bonds is 5. The topological polar surface area (TPSA) is 43.8 Å². The summed E-state index contributed by atoms with van der Waals surface area (Å²) in [6.07, 6.45) is 6.77. The van der Waals surface area contributed by atoms with Crippen LogP contribution < -0.4 is 4.90 Å². The van der Waals surface area contributed by atoms with Crippen LogP contribution in [0.3, 0.4) is 0 Å². The van der Waals surface area contributed by atoms with Crippen LogP contribution in [0, 0.1) is 0 Å². The van der Waals surface area contributed by atoms with Gasteiger partial charge in [-0.15, -0.1) is 0 Å². The summed E-state index contributed by atoms with van der Waals surface area (Å²) < 4.78 is 0. The van der Waals surface area contributed by atoms with Gasteiger partial charge < -0.3 is 14.9 Å². The number of carbonyl (C=O) groups excluding carboxylic acids is 1. The van der Waals surface area contributed by atoms with Crippen LogP contribution in [0.2, 0.25) is 0 Å². The van der Waals surface area contributed by atoms with E-state index in [9.17, 15) is 9.90 Å². The molecule has 3 rings (SSSR count). The van der Waals surface area contributed by atoms with E-state index in [4.69, 9.17) is 0 Å². The SMILES string of the molecule is CCCC(O)CN1CCC(=O)N(C2CCCC2)Cc2ccccc21. The van der Waals surface area contributed by atoms with E-state index in [1.165, 1.54) is 24.1 Å². The van der Waals surface area contributed by atoms with Gasteiger partial charge in [-0.1, -0.05) is 44.4 Å². The Bertz CT molecular complexity index is 554. The lowest BCUT2D eigenvalue weighted by atomic mass is 10.0. The molecule has 0 aromatic heterocycles. The molecule has 1 unspecified atom stereocenters. The van der Waals surface area contributed by atoms with Crippen LogP contribution in [0.5, 0.6) is 0 Å². The molecule has 1 aromatic carbocycles. The fraction of sp³-hybridized carbons (Fsp3) is 0.650. The number of nitrogens with zero attached hydrogens (tertiary/aromatic N) is 2. The van der Waals surface area contributed by atoms with Crippen LogP contribution in [-0.4, -0.2) is 41.1 Å². The Morgan fingerprint density at radius 1 is 1.25 bits per heavy atom. The van der Waals surface area contributed by atoms with Crippen molar-refractivity contribution in [3.63, 3.8) is 0 Å². The van der Waals surface area contributed by atoms with E-state index >= 15 is 0 Å². The second-order valence-electron chi connectivity index (χ2n) is 7.23. The van der Waals surface area contributed by atoms with Crippen LogP contribution in [0.25, 0.3) is 0 Å². The van der Waals surface area contributed by atoms with E-state index in [0.29, 0.717) is 32.1 Å². The van der Waals surface area contributed by atoms with Gasteiger partial charge in [0.1, 0.15) is 0 Å². The lowest BCUT2D eigenvalue weighted by Crippen LogP contribution is -2.44. The fourth-order valence-electron chi connectivity index (χ4n) is 4.14. The van der Waals surface area contributed by atoms with E-state index in [-0.39, 0.29) is 12.0 Å². The number of hydrogen-bond donors (Lipinski definition) is 1. The highest BCUT2D eigenvalue weighted by molar-refractivity contribution is 5.78. The van der Waals surface area contributed by atoms with Gasteiger partial charge in [0, 0.05) is 37.8 Å². The molecular formula is C20H30N2O2. The molecule has 0 spiro atoms. The van der Waals surface area contributed by atoms with Gasteiger partial charge in [0.15, 0.2) is 0 Å². The van der Waals surface area contributed by atoms with Crippen molar-refractivity contribution in [3.05, 3.63) is 29.8 Å². The van der Waals surface area contributed by atoms with E-state index in [2.05, 4.69) is 41.0 Å². The van der Waals surface area contributed by atoms with Crippen molar-refractivity contribution >= 4 is 11.6 Å². The van der Waals surface area contributed by atoms with Gasteiger partial charge in [0.25, 0.3) is 0 Å². The lowest BCUT2D eigenvalue weighted by molar-refractivity contribution is -0.134. The minimum Gasteiger partial charge on any atom is -0.391 e. The molecule has 4 heteroatoms. The average molecular weight is 330 g/mol. The molecule has 0 saturated heterocycles. The zero-order valence-electron chi connectivity index (χ0n) is 14.8. The first-order valence-electron chi connectivity index (χ1n) is 9.49. The predicted octanol–water partition coefficient (Wildman–Crippen LogP) is 3.33. The summed E-state index contributed by atoms with van der Waals surface area (Å²) in [5.74, 6) is 0.270. The maximum absolute atomic E-state index is 12.8. The van der Waals surface area contributed by atoms with Crippen molar-refractivity contribution in [2.45, 2.75) is 70.6 Å². The van der Waals surface area contributed by atoms with Gasteiger partial charge in [-0.3, -0.25) is 4.79 Å². The minimum atomic E-state index is -0.330. The van der Waals surface area contributed by atoms with E-state index in [0.717, 1.165) is 25.7 Å². The molecule has 1 fully saturated rings. The first-order chi connectivity index (χ1) is 11.7. The summed E-state index contributed by atoms with van der Waals surface area (Å²) in [6.45, 7) is 4.11. The molecule has 132 valence electrons. The maximum atomic E-state index is 12.8. The highest BCUT2D eigenvalue weighted by Gasteiger charge is 2.30. The van der Waals surface area contributed by atoms with Crippen molar-refractivity contribution in [2.24, 2.45) is 0 Å². The number of aliphatic hydroxyl groups excluding tert-OH is 1. The Morgan fingerprint density at radius 3 is 2.75 bits per heavy atom. The van der Waals surface area contributed by atoms with Gasteiger partial charge in [-0.2, -0.15) is 0 Å². The number of para-hydroxylation sites is 1. The minimum absolute atomic E-state index is 0.270. The van der Waals surface area contributed by atoms with Crippen LogP contribution in [0.1, 0.15) is 57.4 Å². The Balaban J connectivity index is 1.83. The number of fused-ring (bicyclic) bond motifs is 1. The molecule has 0 radical (unpaired) electrons. The third-order valence-electron chi connectivity index (χ3n) is 5.41. The van der Waals surface area contributed by atoms with Crippen LogP contribution in [0.4, 0.5) is 5.69 Å². The smallest absolute Gasteiger partial charge is 0.224 e. The number of carbonyl (C=O) groups is 1. The molecule has 24 heavy (non-hydrogen) atoms. The van der Waals surface area contributed by atoms with Gasteiger partial charge in [-0.25, -0.2) is 0 Å². The molecule has 1 aromatic rings. The summed E-state index contributed by atoms with van der Waals surface area (Å²) in [4.78, 5) is 17.1. The highest BCUT2D eigenvalue weighted by Crippen LogP contribution is 2.30. The van der Waals surface area contributed by atoms with Gasteiger partial charge in [-0.05, 0) is 30.9 Å². The molecular weight excluding hydrogens is 300 g/mol. The summed E-state index contributed by atoms with van der Waals surface area (Å²) in [5.41, 5.74) is 2.39. The number of amides is 1. The Morgan fingerprint density at radius 2 is 2.00 bits per heavy atom. The summed E-state index contributed by atoms with van der Waals surface area (Å²) >= 11 is 0. The zero-order chi connectivity index (χ0) is 16.9. The van der Waals surface area contributed by atoms with E-state index in [1.807, 2.05) is 0 Å². The third-order valence-corrected chi connectivity index (χ3v) is 5.41. The molecule has 0 bridgehead atoms. The van der Waals surface area contributed by atoms with Crippen molar-refractivity contribution in [1.29, 1.82) is 0 Å². The molecule has 1 amide bonds.